The Morgan fingerprint density at radius 3 is 2.55 bits per heavy atom. The van der Waals surface area contributed by atoms with E-state index in [-0.39, 0.29) is 18.3 Å². The molecule has 0 bridgehead atoms. The van der Waals surface area contributed by atoms with E-state index in [4.69, 9.17) is 9.47 Å². The number of benzene rings is 2. The van der Waals surface area contributed by atoms with Crippen LogP contribution in [0.5, 0.6) is 11.5 Å². The molecule has 5 heteroatoms. The molecule has 0 spiro atoms. The highest BCUT2D eigenvalue weighted by atomic mass is 19.1. The van der Waals surface area contributed by atoms with E-state index in [9.17, 15) is 9.18 Å². The number of carbonyl (C=O) groups excluding carboxylic acids is 1. The quantitative estimate of drug-likeness (QED) is 0.912. The second-order valence-electron chi connectivity index (χ2n) is 4.02. The van der Waals surface area contributed by atoms with E-state index in [0.29, 0.717) is 17.2 Å². The number of halogens is 1. The first kappa shape index (κ1) is 13.9. The lowest BCUT2D eigenvalue weighted by Crippen LogP contribution is -2.20. The molecule has 2 aromatic carbocycles. The fourth-order valence-electron chi connectivity index (χ4n) is 1.57. The molecule has 0 unspecified atom stereocenters. The third-order valence-electron chi connectivity index (χ3n) is 2.54. The van der Waals surface area contributed by atoms with Crippen molar-refractivity contribution in [1.82, 2.24) is 0 Å². The highest BCUT2D eigenvalue weighted by molar-refractivity contribution is 5.91. The number of nitrogens with one attached hydrogen (secondary N) is 1. The Morgan fingerprint density at radius 2 is 1.85 bits per heavy atom. The maximum absolute atomic E-state index is 12.7. The lowest BCUT2D eigenvalue weighted by Gasteiger charge is -2.08. The molecule has 1 amide bonds. The van der Waals surface area contributed by atoms with Gasteiger partial charge in [0.25, 0.3) is 5.91 Å². The van der Waals surface area contributed by atoms with Gasteiger partial charge in [-0.2, -0.15) is 0 Å². The third kappa shape index (κ3) is 3.98. The summed E-state index contributed by atoms with van der Waals surface area (Å²) in [6.07, 6.45) is 0. The summed E-state index contributed by atoms with van der Waals surface area (Å²) in [6.45, 7) is -0.134. The van der Waals surface area contributed by atoms with Crippen molar-refractivity contribution in [2.24, 2.45) is 0 Å². The topological polar surface area (TPSA) is 47.6 Å². The van der Waals surface area contributed by atoms with Gasteiger partial charge in [-0.25, -0.2) is 4.39 Å². The Morgan fingerprint density at radius 1 is 1.15 bits per heavy atom. The molecule has 0 fully saturated rings. The fourth-order valence-corrected chi connectivity index (χ4v) is 1.57. The zero-order valence-corrected chi connectivity index (χ0v) is 10.9. The molecule has 0 heterocycles. The molecule has 0 aliphatic rings. The standard InChI is InChI=1S/C15H14FNO3/c1-19-13-3-2-4-14(9-13)20-10-15(18)17-12-7-5-11(16)6-8-12/h2-9H,10H2,1H3,(H,17,18). The minimum atomic E-state index is -0.351. The van der Waals surface area contributed by atoms with Crippen LogP contribution < -0.4 is 14.8 Å². The van der Waals surface area contributed by atoms with Crippen LogP contribution >= 0.6 is 0 Å². The van der Waals surface area contributed by atoms with Crippen LogP contribution in [0.2, 0.25) is 0 Å². The van der Waals surface area contributed by atoms with Crippen molar-refractivity contribution in [3.63, 3.8) is 0 Å². The molecule has 1 N–H and O–H groups in total. The number of ether oxygens (including phenoxy) is 2. The third-order valence-corrected chi connectivity index (χ3v) is 2.54. The van der Waals surface area contributed by atoms with Crippen LogP contribution in [0.1, 0.15) is 0 Å². The number of anilines is 1. The Bertz CT molecular complexity index is 584. The first-order valence-corrected chi connectivity index (χ1v) is 5.99. The molecule has 2 aromatic rings. The fraction of sp³-hybridized carbons (Fsp3) is 0.133. The van der Waals surface area contributed by atoms with E-state index in [1.54, 1.807) is 31.4 Å². The van der Waals surface area contributed by atoms with Gasteiger partial charge in [0, 0.05) is 11.8 Å². The molecule has 0 aliphatic heterocycles. The summed E-state index contributed by atoms with van der Waals surface area (Å²) >= 11 is 0. The molecule has 0 radical (unpaired) electrons. The van der Waals surface area contributed by atoms with Crippen molar-refractivity contribution in [3.05, 3.63) is 54.3 Å². The first-order chi connectivity index (χ1) is 9.67. The van der Waals surface area contributed by atoms with Gasteiger partial charge in [-0.1, -0.05) is 6.07 Å². The summed E-state index contributed by atoms with van der Waals surface area (Å²) < 4.78 is 23.1. The average molecular weight is 275 g/mol. The van der Waals surface area contributed by atoms with Gasteiger partial charge in [-0.3, -0.25) is 4.79 Å². The molecule has 0 aromatic heterocycles. The van der Waals surface area contributed by atoms with Crippen molar-refractivity contribution in [3.8, 4) is 11.5 Å². The molecule has 4 nitrogen and oxygen atoms in total. The summed E-state index contributed by atoms with van der Waals surface area (Å²) in [5.74, 6) is 0.523. The van der Waals surface area contributed by atoms with Crippen molar-refractivity contribution in [2.45, 2.75) is 0 Å². The molecule has 0 aliphatic carbocycles. The van der Waals surface area contributed by atoms with E-state index in [1.807, 2.05) is 0 Å². The Kier molecular flexibility index (Phi) is 4.55. The van der Waals surface area contributed by atoms with Crippen LogP contribution in [0.3, 0.4) is 0 Å². The van der Waals surface area contributed by atoms with Gasteiger partial charge in [-0.05, 0) is 36.4 Å². The molecule has 0 atom stereocenters. The van der Waals surface area contributed by atoms with Gasteiger partial charge in [0.2, 0.25) is 0 Å². The molecular formula is C15H14FNO3. The number of methoxy groups -OCH3 is 1. The lowest BCUT2D eigenvalue weighted by molar-refractivity contribution is -0.118. The van der Waals surface area contributed by atoms with Crippen LogP contribution in [0.25, 0.3) is 0 Å². The molecule has 0 saturated heterocycles. The molecular weight excluding hydrogens is 261 g/mol. The molecule has 20 heavy (non-hydrogen) atoms. The van der Waals surface area contributed by atoms with Gasteiger partial charge < -0.3 is 14.8 Å². The zero-order chi connectivity index (χ0) is 14.4. The van der Waals surface area contributed by atoms with Crippen LogP contribution in [-0.2, 0) is 4.79 Å². The van der Waals surface area contributed by atoms with Crippen LogP contribution in [0.4, 0.5) is 10.1 Å². The van der Waals surface area contributed by atoms with Gasteiger partial charge in [0.15, 0.2) is 6.61 Å². The minimum Gasteiger partial charge on any atom is -0.497 e. The lowest BCUT2D eigenvalue weighted by atomic mass is 10.3. The highest BCUT2D eigenvalue weighted by Gasteiger charge is 2.04. The molecule has 104 valence electrons. The van der Waals surface area contributed by atoms with Crippen LogP contribution in [0, 0.1) is 5.82 Å². The monoisotopic (exact) mass is 275 g/mol. The Labute approximate surface area is 116 Å². The van der Waals surface area contributed by atoms with E-state index in [1.165, 1.54) is 24.3 Å². The van der Waals surface area contributed by atoms with Crippen LogP contribution in [-0.4, -0.2) is 19.6 Å². The van der Waals surface area contributed by atoms with Gasteiger partial charge in [-0.15, -0.1) is 0 Å². The Balaban J connectivity index is 1.87. The maximum Gasteiger partial charge on any atom is 0.262 e. The largest absolute Gasteiger partial charge is 0.497 e. The normalized spacial score (nSPS) is 9.90. The summed E-state index contributed by atoms with van der Waals surface area (Å²) in [5.41, 5.74) is 0.519. The first-order valence-electron chi connectivity index (χ1n) is 5.99. The number of amides is 1. The van der Waals surface area contributed by atoms with Crippen LogP contribution in [0.15, 0.2) is 48.5 Å². The number of rotatable bonds is 5. The minimum absolute atomic E-state index is 0.134. The molecule has 2 rings (SSSR count). The number of carbonyl (C=O) groups is 1. The van der Waals surface area contributed by atoms with E-state index >= 15 is 0 Å². The smallest absolute Gasteiger partial charge is 0.262 e. The van der Waals surface area contributed by atoms with E-state index in [0.717, 1.165) is 0 Å². The predicted molar refractivity (Wildman–Crippen MR) is 73.5 cm³/mol. The Hall–Kier alpha value is -2.56. The zero-order valence-electron chi connectivity index (χ0n) is 10.9. The number of hydrogen-bond donors (Lipinski definition) is 1. The van der Waals surface area contributed by atoms with E-state index in [2.05, 4.69) is 5.32 Å². The predicted octanol–water partition coefficient (Wildman–Crippen LogP) is 2.85. The SMILES string of the molecule is COc1cccc(OCC(=O)Nc2ccc(F)cc2)c1. The maximum atomic E-state index is 12.7. The van der Waals surface area contributed by atoms with Crippen molar-refractivity contribution in [1.29, 1.82) is 0 Å². The number of hydrogen-bond acceptors (Lipinski definition) is 3. The van der Waals surface area contributed by atoms with E-state index < -0.39 is 0 Å². The average Bonchev–Trinajstić information content (AvgIpc) is 2.48. The van der Waals surface area contributed by atoms with Gasteiger partial charge >= 0.3 is 0 Å². The second kappa shape index (κ2) is 6.56. The van der Waals surface area contributed by atoms with Crippen molar-refractivity contribution in [2.75, 3.05) is 19.0 Å². The van der Waals surface area contributed by atoms with Crippen molar-refractivity contribution < 1.29 is 18.7 Å². The highest BCUT2D eigenvalue weighted by Crippen LogP contribution is 2.18. The summed E-state index contributed by atoms with van der Waals surface area (Å²) in [5, 5.41) is 2.61. The second-order valence-corrected chi connectivity index (χ2v) is 4.02. The molecule has 0 saturated carbocycles. The van der Waals surface area contributed by atoms with Crippen molar-refractivity contribution >= 4 is 11.6 Å². The summed E-state index contributed by atoms with van der Waals surface area (Å²) in [4.78, 5) is 11.7. The summed E-state index contributed by atoms with van der Waals surface area (Å²) in [7, 11) is 1.56. The summed E-state index contributed by atoms with van der Waals surface area (Å²) in [6, 6.07) is 12.5. The van der Waals surface area contributed by atoms with Gasteiger partial charge in [0.1, 0.15) is 17.3 Å². The van der Waals surface area contributed by atoms with Gasteiger partial charge in [0.05, 0.1) is 7.11 Å².